The van der Waals surface area contributed by atoms with Crippen molar-refractivity contribution in [1.82, 2.24) is 25.4 Å². The Morgan fingerprint density at radius 2 is 1.98 bits per heavy atom. The standard InChI is InChI=1S/C32H39N7O/c1-20-5-4-6-24(15-20)27-10-9-23-7-8-25(18-28(23)37-27)29-30-31(33)36-13-14-39(30)32(38(29)3)26-16-22(17-26)19-34-11-12-35-21(2)40/h4,6-10,13-15,18,20,22,26,32,34H,5,11-12,16-17,19H2,1-3H3,(H2,33,36)(H,35,40)/t20?,22-,26+,32?. The maximum absolute atomic E-state index is 11.1. The molecule has 6 rings (SSSR count). The second kappa shape index (κ2) is 10.9. The number of benzene rings is 1. The van der Waals surface area contributed by atoms with E-state index in [9.17, 15) is 4.79 Å². The average Bonchev–Trinajstić information content (AvgIpc) is 3.21. The lowest BCUT2D eigenvalue weighted by atomic mass is 9.72. The van der Waals surface area contributed by atoms with Crippen LogP contribution in [0.15, 0.2) is 71.6 Å². The van der Waals surface area contributed by atoms with E-state index in [0.717, 1.165) is 65.9 Å². The number of amides is 1. The molecule has 1 saturated carbocycles. The zero-order chi connectivity index (χ0) is 27.8. The van der Waals surface area contributed by atoms with Crippen molar-refractivity contribution in [3.05, 3.63) is 77.9 Å². The van der Waals surface area contributed by atoms with Gasteiger partial charge in [0.05, 0.1) is 16.9 Å². The van der Waals surface area contributed by atoms with Gasteiger partial charge < -0.3 is 26.2 Å². The third-order valence-corrected chi connectivity index (χ3v) is 8.53. The molecule has 208 valence electrons. The number of carbonyl (C=O) groups is 1. The molecule has 1 fully saturated rings. The Morgan fingerprint density at radius 3 is 2.77 bits per heavy atom. The molecule has 40 heavy (non-hydrogen) atoms. The van der Waals surface area contributed by atoms with Gasteiger partial charge in [-0.3, -0.25) is 4.79 Å². The Labute approximate surface area is 236 Å². The summed E-state index contributed by atoms with van der Waals surface area (Å²) < 4.78 is 0. The highest BCUT2D eigenvalue weighted by Gasteiger charge is 2.46. The monoisotopic (exact) mass is 537 g/mol. The van der Waals surface area contributed by atoms with Gasteiger partial charge in [0.15, 0.2) is 0 Å². The maximum atomic E-state index is 11.1. The molecule has 1 aromatic carbocycles. The summed E-state index contributed by atoms with van der Waals surface area (Å²) in [6.07, 6.45) is 14.2. The molecule has 8 nitrogen and oxygen atoms in total. The Balaban J connectivity index is 1.22. The van der Waals surface area contributed by atoms with Crippen molar-refractivity contribution >= 4 is 33.9 Å². The van der Waals surface area contributed by atoms with Crippen molar-refractivity contribution in [2.45, 2.75) is 39.3 Å². The number of nitrogens with two attached hydrogens (primary N) is 1. The van der Waals surface area contributed by atoms with E-state index < -0.39 is 0 Å². The van der Waals surface area contributed by atoms with Crippen LogP contribution in [-0.4, -0.2) is 59.4 Å². The average molecular weight is 538 g/mol. The number of fused-ring (bicyclic) bond motifs is 2. The number of allylic oxidation sites excluding steroid dienone is 4. The third-order valence-electron chi connectivity index (χ3n) is 8.53. The summed E-state index contributed by atoms with van der Waals surface area (Å²) in [7, 11) is 2.18. The second-order valence-electron chi connectivity index (χ2n) is 11.6. The van der Waals surface area contributed by atoms with Gasteiger partial charge in [-0.1, -0.05) is 43.4 Å². The first-order valence-electron chi connectivity index (χ1n) is 14.4. The number of rotatable bonds is 8. The largest absolute Gasteiger partial charge is 0.382 e. The summed E-state index contributed by atoms with van der Waals surface area (Å²) in [5.74, 6) is 2.25. The minimum absolute atomic E-state index is 0.0160. The molecule has 1 amide bonds. The number of hydrogen-bond acceptors (Lipinski definition) is 7. The molecule has 2 unspecified atom stereocenters. The summed E-state index contributed by atoms with van der Waals surface area (Å²) in [5.41, 5.74) is 12.9. The minimum Gasteiger partial charge on any atom is -0.382 e. The molecule has 3 heterocycles. The van der Waals surface area contributed by atoms with Crippen LogP contribution >= 0.6 is 0 Å². The van der Waals surface area contributed by atoms with E-state index >= 15 is 0 Å². The van der Waals surface area contributed by atoms with Crippen LogP contribution in [0, 0.1) is 17.8 Å². The molecule has 1 aromatic heterocycles. The molecular weight excluding hydrogens is 498 g/mol. The first-order chi connectivity index (χ1) is 19.4. The highest BCUT2D eigenvalue weighted by molar-refractivity contribution is 6.05. The van der Waals surface area contributed by atoms with Crippen molar-refractivity contribution in [2.75, 3.05) is 26.7 Å². The first-order valence-corrected chi connectivity index (χ1v) is 14.4. The number of nitrogens with one attached hydrogen (secondary N) is 2. The normalized spacial score (nSPS) is 25.6. The zero-order valence-corrected chi connectivity index (χ0v) is 23.6. The smallest absolute Gasteiger partial charge is 0.216 e. The van der Waals surface area contributed by atoms with Crippen molar-refractivity contribution < 1.29 is 4.79 Å². The van der Waals surface area contributed by atoms with E-state index in [1.165, 1.54) is 5.57 Å². The van der Waals surface area contributed by atoms with Crippen LogP contribution in [0.5, 0.6) is 0 Å². The number of aromatic nitrogens is 1. The molecule has 0 spiro atoms. The highest BCUT2D eigenvalue weighted by atomic mass is 16.1. The van der Waals surface area contributed by atoms with Crippen LogP contribution < -0.4 is 16.4 Å². The number of amidine groups is 1. The van der Waals surface area contributed by atoms with Crippen molar-refractivity contribution in [2.24, 2.45) is 28.5 Å². The van der Waals surface area contributed by atoms with E-state index in [2.05, 4.69) is 94.2 Å². The minimum atomic E-state index is 0.0160. The van der Waals surface area contributed by atoms with E-state index in [4.69, 9.17) is 10.7 Å². The van der Waals surface area contributed by atoms with Crippen molar-refractivity contribution in [1.29, 1.82) is 0 Å². The predicted molar refractivity (Wildman–Crippen MR) is 161 cm³/mol. The predicted octanol–water partition coefficient (Wildman–Crippen LogP) is 4.05. The van der Waals surface area contributed by atoms with E-state index in [-0.39, 0.29) is 12.1 Å². The molecule has 0 bridgehead atoms. The van der Waals surface area contributed by atoms with Gasteiger partial charge in [0.2, 0.25) is 5.91 Å². The van der Waals surface area contributed by atoms with E-state index in [0.29, 0.717) is 30.1 Å². The Kier molecular flexibility index (Phi) is 7.19. The van der Waals surface area contributed by atoms with E-state index in [1.807, 2.05) is 6.20 Å². The second-order valence-corrected chi connectivity index (χ2v) is 11.6. The fraction of sp³-hybridized carbons (Fsp3) is 0.406. The molecule has 0 saturated heterocycles. The molecule has 2 aliphatic heterocycles. The number of hydrogen-bond donors (Lipinski definition) is 3. The molecule has 2 aromatic rings. The SMILES string of the molecule is CC(=O)NCCNC[C@H]1C[C@@H](C2N(C)C(c3ccc4ccc(C5=CC(C)CC=C5)nc4c3)=C3C(N)=NC=CN32)C1. The molecule has 4 N–H and O–H groups in total. The zero-order valence-electron chi connectivity index (χ0n) is 23.6. The molecule has 2 atom stereocenters. The molecule has 0 radical (unpaired) electrons. The van der Waals surface area contributed by atoms with Gasteiger partial charge in [0.25, 0.3) is 0 Å². The Morgan fingerprint density at radius 1 is 1.15 bits per heavy atom. The van der Waals surface area contributed by atoms with Gasteiger partial charge in [-0.2, -0.15) is 0 Å². The molecule has 2 aliphatic carbocycles. The van der Waals surface area contributed by atoms with Crippen molar-refractivity contribution in [3.63, 3.8) is 0 Å². The summed E-state index contributed by atoms with van der Waals surface area (Å²) in [4.78, 5) is 25.3. The summed E-state index contributed by atoms with van der Waals surface area (Å²) in [6.45, 7) is 6.24. The van der Waals surface area contributed by atoms with Gasteiger partial charge >= 0.3 is 0 Å². The summed E-state index contributed by atoms with van der Waals surface area (Å²) in [6, 6.07) is 10.8. The lowest BCUT2D eigenvalue weighted by Crippen LogP contribution is -2.50. The lowest BCUT2D eigenvalue weighted by Gasteiger charge is -2.45. The fourth-order valence-electron chi connectivity index (χ4n) is 6.55. The Bertz CT molecular complexity index is 1460. The van der Waals surface area contributed by atoms with Crippen LogP contribution in [0.25, 0.3) is 22.2 Å². The van der Waals surface area contributed by atoms with Gasteiger partial charge in [-0.25, -0.2) is 9.98 Å². The van der Waals surface area contributed by atoms with Crippen LogP contribution in [0.1, 0.15) is 44.4 Å². The van der Waals surface area contributed by atoms with Crippen LogP contribution in [0.2, 0.25) is 0 Å². The molecule has 8 heteroatoms. The van der Waals surface area contributed by atoms with Gasteiger partial charge in [0.1, 0.15) is 17.7 Å². The van der Waals surface area contributed by atoms with Crippen molar-refractivity contribution in [3.8, 4) is 0 Å². The molecule has 4 aliphatic rings. The molecular formula is C32H39N7O. The van der Waals surface area contributed by atoms with E-state index in [1.54, 1.807) is 6.92 Å². The summed E-state index contributed by atoms with van der Waals surface area (Å²) in [5, 5.41) is 7.46. The lowest BCUT2D eigenvalue weighted by molar-refractivity contribution is -0.118. The van der Waals surface area contributed by atoms with Crippen LogP contribution in [0.3, 0.4) is 0 Å². The number of nitrogens with zero attached hydrogens (tertiary/aromatic N) is 4. The topological polar surface area (TPSA) is 98.9 Å². The maximum Gasteiger partial charge on any atom is 0.216 e. The summed E-state index contributed by atoms with van der Waals surface area (Å²) >= 11 is 0. The van der Waals surface area contributed by atoms with Gasteiger partial charge in [0, 0.05) is 50.4 Å². The third kappa shape index (κ3) is 5.04. The number of pyridine rings is 1. The van der Waals surface area contributed by atoms with Gasteiger partial charge in [-0.15, -0.1) is 0 Å². The number of aliphatic imine (C=N–C) groups is 1. The number of carbonyl (C=O) groups excluding carboxylic acids is 1. The van der Waals surface area contributed by atoms with Crippen LogP contribution in [-0.2, 0) is 4.79 Å². The van der Waals surface area contributed by atoms with Crippen LogP contribution in [0.4, 0.5) is 0 Å². The van der Waals surface area contributed by atoms with Gasteiger partial charge in [-0.05, 0) is 61.3 Å². The quantitative estimate of drug-likeness (QED) is 0.440. The fourth-order valence-corrected chi connectivity index (χ4v) is 6.55. The first kappa shape index (κ1) is 26.3. The highest BCUT2D eigenvalue weighted by Crippen LogP contribution is 2.46. The Hall–Kier alpha value is -3.91.